The molecular formula is C11H24N2O. The molecule has 0 radical (unpaired) electrons. The van der Waals surface area contributed by atoms with E-state index in [1.165, 1.54) is 19.3 Å². The maximum absolute atomic E-state index is 5.64. The van der Waals surface area contributed by atoms with E-state index in [1.807, 2.05) is 0 Å². The fourth-order valence-electron chi connectivity index (χ4n) is 1.60. The van der Waals surface area contributed by atoms with Crippen molar-refractivity contribution in [2.24, 2.45) is 0 Å². The highest BCUT2D eigenvalue weighted by molar-refractivity contribution is 4.69. The smallest absolute Gasteiger partial charge is 0.0699 e. The molecule has 1 N–H and O–H groups in total. The van der Waals surface area contributed by atoms with Gasteiger partial charge in [-0.3, -0.25) is 0 Å². The van der Waals surface area contributed by atoms with Gasteiger partial charge in [0.1, 0.15) is 0 Å². The van der Waals surface area contributed by atoms with Gasteiger partial charge in [0, 0.05) is 25.7 Å². The average molecular weight is 200 g/mol. The fourth-order valence-corrected chi connectivity index (χ4v) is 1.60. The molecule has 84 valence electrons. The molecule has 3 nitrogen and oxygen atoms in total. The van der Waals surface area contributed by atoms with E-state index in [2.05, 4.69) is 31.2 Å². The summed E-state index contributed by atoms with van der Waals surface area (Å²) in [7, 11) is 4.23. The second kappa shape index (κ2) is 6.38. The van der Waals surface area contributed by atoms with Crippen LogP contribution >= 0.6 is 0 Å². The van der Waals surface area contributed by atoms with Crippen molar-refractivity contribution in [1.29, 1.82) is 0 Å². The van der Waals surface area contributed by atoms with Crippen molar-refractivity contribution in [2.45, 2.75) is 38.3 Å². The maximum atomic E-state index is 5.64. The molecule has 1 aliphatic rings. The van der Waals surface area contributed by atoms with Crippen LogP contribution in [0.4, 0.5) is 0 Å². The minimum atomic E-state index is 0.457. The Morgan fingerprint density at radius 2 is 2.21 bits per heavy atom. The molecule has 1 aliphatic heterocycles. The second-order valence-electron chi connectivity index (χ2n) is 4.46. The molecule has 2 unspecified atom stereocenters. The van der Waals surface area contributed by atoms with Gasteiger partial charge in [-0.2, -0.15) is 0 Å². The largest absolute Gasteiger partial charge is 0.377 e. The fraction of sp³-hybridized carbons (Fsp3) is 1.00. The molecule has 1 rings (SSSR count). The van der Waals surface area contributed by atoms with Crippen LogP contribution in [0.2, 0.25) is 0 Å². The highest BCUT2D eigenvalue weighted by Gasteiger charge is 2.13. The zero-order chi connectivity index (χ0) is 10.4. The van der Waals surface area contributed by atoms with Crippen molar-refractivity contribution in [3.8, 4) is 0 Å². The number of ether oxygens (including phenoxy) is 1. The van der Waals surface area contributed by atoms with E-state index in [9.17, 15) is 0 Å². The van der Waals surface area contributed by atoms with Crippen molar-refractivity contribution >= 4 is 0 Å². The Kier molecular flexibility index (Phi) is 5.45. The Bertz CT molecular complexity index is 144. The number of nitrogens with zero attached hydrogens (tertiary/aromatic N) is 1. The first-order valence-electron chi connectivity index (χ1n) is 5.69. The number of hydrogen-bond acceptors (Lipinski definition) is 3. The van der Waals surface area contributed by atoms with E-state index in [0.717, 1.165) is 19.7 Å². The standard InChI is InChI=1S/C11H24N2O/c1-10(13(2)3)8-12-9-11-6-4-5-7-14-11/h10-12H,4-9H2,1-3H3. The van der Waals surface area contributed by atoms with Crippen LogP contribution in [0.25, 0.3) is 0 Å². The molecule has 0 saturated carbocycles. The monoisotopic (exact) mass is 200 g/mol. The van der Waals surface area contributed by atoms with Gasteiger partial charge in [-0.05, 0) is 40.3 Å². The van der Waals surface area contributed by atoms with E-state index >= 15 is 0 Å². The van der Waals surface area contributed by atoms with Crippen molar-refractivity contribution in [2.75, 3.05) is 33.8 Å². The van der Waals surface area contributed by atoms with E-state index in [4.69, 9.17) is 4.74 Å². The Morgan fingerprint density at radius 1 is 1.43 bits per heavy atom. The second-order valence-corrected chi connectivity index (χ2v) is 4.46. The van der Waals surface area contributed by atoms with Crippen LogP contribution in [0.5, 0.6) is 0 Å². The zero-order valence-electron chi connectivity index (χ0n) is 9.75. The third-order valence-corrected chi connectivity index (χ3v) is 2.97. The van der Waals surface area contributed by atoms with Crippen LogP contribution in [0, 0.1) is 0 Å². The average Bonchev–Trinajstić information content (AvgIpc) is 2.19. The molecular weight excluding hydrogens is 176 g/mol. The summed E-state index contributed by atoms with van der Waals surface area (Å²) in [6, 6.07) is 0.596. The first-order valence-corrected chi connectivity index (χ1v) is 5.69. The first kappa shape index (κ1) is 12.0. The van der Waals surface area contributed by atoms with Crippen LogP contribution in [-0.4, -0.2) is 50.8 Å². The summed E-state index contributed by atoms with van der Waals surface area (Å²) in [4.78, 5) is 2.23. The van der Waals surface area contributed by atoms with Gasteiger partial charge in [0.25, 0.3) is 0 Å². The summed E-state index contributed by atoms with van der Waals surface area (Å²) in [5.41, 5.74) is 0. The minimum absolute atomic E-state index is 0.457. The SMILES string of the molecule is CC(CNCC1CCCCO1)N(C)C. The van der Waals surface area contributed by atoms with Crippen LogP contribution in [-0.2, 0) is 4.74 Å². The van der Waals surface area contributed by atoms with Crippen LogP contribution in [0.3, 0.4) is 0 Å². The molecule has 0 aromatic rings. The predicted octanol–water partition coefficient (Wildman–Crippen LogP) is 1.10. The highest BCUT2D eigenvalue weighted by Crippen LogP contribution is 2.11. The van der Waals surface area contributed by atoms with E-state index in [0.29, 0.717) is 12.1 Å². The lowest BCUT2D eigenvalue weighted by atomic mass is 10.1. The van der Waals surface area contributed by atoms with Gasteiger partial charge in [-0.1, -0.05) is 0 Å². The topological polar surface area (TPSA) is 24.5 Å². The molecule has 3 heteroatoms. The molecule has 0 amide bonds. The number of nitrogens with one attached hydrogen (secondary N) is 1. The first-order chi connectivity index (χ1) is 6.70. The quantitative estimate of drug-likeness (QED) is 0.719. The van der Waals surface area contributed by atoms with E-state index in [-0.39, 0.29) is 0 Å². The molecule has 1 saturated heterocycles. The van der Waals surface area contributed by atoms with Gasteiger partial charge in [-0.25, -0.2) is 0 Å². The van der Waals surface area contributed by atoms with Crippen LogP contribution in [0.1, 0.15) is 26.2 Å². The third-order valence-electron chi connectivity index (χ3n) is 2.97. The highest BCUT2D eigenvalue weighted by atomic mass is 16.5. The summed E-state index contributed by atoms with van der Waals surface area (Å²) >= 11 is 0. The van der Waals surface area contributed by atoms with Gasteiger partial charge in [-0.15, -0.1) is 0 Å². The normalized spacial score (nSPS) is 25.3. The van der Waals surface area contributed by atoms with E-state index < -0.39 is 0 Å². The van der Waals surface area contributed by atoms with E-state index in [1.54, 1.807) is 0 Å². The third kappa shape index (κ3) is 4.40. The predicted molar refractivity (Wildman–Crippen MR) is 59.6 cm³/mol. The maximum Gasteiger partial charge on any atom is 0.0699 e. The molecule has 2 atom stereocenters. The zero-order valence-corrected chi connectivity index (χ0v) is 9.75. The molecule has 1 heterocycles. The summed E-state index contributed by atoms with van der Waals surface area (Å²) < 4.78 is 5.64. The molecule has 0 aliphatic carbocycles. The van der Waals surface area contributed by atoms with Gasteiger partial charge in [0.15, 0.2) is 0 Å². The Morgan fingerprint density at radius 3 is 2.79 bits per heavy atom. The summed E-state index contributed by atoms with van der Waals surface area (Å²) in [5.74, 6) is 0. The number of likely N-dealkylation sites (N-methyl/N-ethyl adjacent to an activating group) is 1. The van der Waals surface area contributed by atoms with Gasteiger partial charge in [0.2, 0.25) is 0 Å². The van der Waals surface area contributed by atoms with Gasteiger partial charge < -0.3 is 15.0 Å². The summed E-state index contributed by atoms with van der Waals surface area (Å²) in [6.07, 6.45) is 4.25. The summed E-state index contributed by atoms with van der Waals surface area (Å²) in [6.45, 7) is 5.25. The van der Waals surface area contributed by atoms with Crippen molar-refractivity contribution in [3.05, 3.63) is 0 Å². The lowest BCUT2D eigenvalue weighted by Gasteiger charge is -2.25. The molecule has 0 aromatic heterocycles. The molecule has 1 fully saturated rings. The lowest BCUT2D eigenvalue weighted by molar-refractivity contribution is 0.0164. The Balaban J connectivity index is 2.02. The molecule has 0 aromatic carbocycles. The summed E-state index contributed by atoms with van der Waals surface area (Å²) in [5, 5.41) is 3.47. The van der Waals surface area contributed by atoms with Gasteiger partial charge in [0.05, 0.1) is 6.10 Å². The molecule has 14 heavy (non-hydrogen) atoms. The van der Waals surface area contributed by atoms with Crippen LogP contribution < -0.4 is 5.32 Å². The number of hydrogen-bond donors (Lipinski definition) is 1. The molecule has 0 bridgehead atoms. The minimum Gasteiger partial charge on any atom is -0.377 e. The van der Waals surface area contributed by atoms with Crippen molar-refractivity contribution < 1.29 is 4.74 Å². The van der Waals surface area contributed by atoms with Crippen molar-refractivity contribution in [3.63, 3.8) is 0 Å². The Labute approximate surface area is 87.8 Å². The van der Waals surface area contributed by atoms with Crippen LogP contribution in [0.15, 0.2) is 0 Å². The van der Waals surface area contributed by atoms with Crippen molar-refractivity contribution in [1.82, 2.24) is 10.2 Å². The number of rotatable bonds is 5. The lowest BCUT2D eigenvalue weighted by Crippen LogP contribution is -2.39. The molecule has 0 spiro atoms. The Hall–Kier alpha value is -0.120. The van der Waals surface area contributed by atoms with Gasteiger partial charge >= 0.3 is 0 Å².